The van der Waals surface area contributed by atoms with Gasteiger partial charge in [-0.05, 0) is 17.7 Å². The average molecular weight is 291 g/mol. The number of hydrogen-bond acceptors (Lipinski definition) is 3. The van der Waals surface area contributed by atoms with Gasteiger partial charge in [-0.3, -0.25) is 10.1 Å². The molecule has 0 saturated carbocycles. The number of nitro benzene ring substituents is 1. The summed E-state index contributed by atoms with van der Waals surface area (Å²) in [7, 11) is 0. The SMILES string of the molecule is O=[N+]([O-])c1ccccc1Oc1ccccc1-c1ccccc1. The van der Waals surface area contributed by atoms with Gasteiger partial charge in [-0.15, -0.1) is 0 Å². The van der Waals surface area contributed by atoms with Crippen LogP contribution in [0.4, 0.5) is 5.69 Å². The van der Waals surface area contributed by atoms with Crippen LogP contribution >= 0.6 is 0 Å². The molecule has 4 heteroatoms. The summed E-state index contributed by atoms with van der Waals surface area (Å²) in [6.45, 7) is 0. The normalized spacial score (nSPS) is 10.2. The minimum Gasteiger partial charge on any atom is -0.449 e. The highest BCUT2D eigenvalue weighted by Gasteiger charge is 2.16. The Kier molecular flexibility index (Phi) is 3.83. The Morgan fingerprint density at radius 1 is 0.727 bits per heavy atom. The summed E-state index contributed by atoms with van der Waals surface area (Å²) in [6.07, 6.45) is 0. The van der Waals surface area contributed by atoms with Crippen molar-refractivity contribution in [3.63, 3.8) is 0 Å². The standard InChI is InChI=1S/C18H13NO3/c20-19(21)16-11-5-7-13-18(16)22-17-12-6-4-10-15(17)14-8-2-1-3-9-14/h1-13H. The van der Waals surface area contributed by atoms with Crippen LogP contribution < -0.4 is 4.74 Å². The maximum absolute atomic E-state index is 11.1. The third-order valence-corrected chi connectivity index (χ3v) is 3.25. The third-order valence-electron chi connectivity index (χ3n) is 3.25. The lowest BCUT2D eigenvalue weighted by atomic mass is 10.0. The van der Waals surface area contributed by atoms with E-state index in [4.69, 9.17) is 4.74 Å². The molecule has 0 aliphatic heterocycles. The molecule has 0 aliphatic carbocycles. The molecule has 3 rings (SSSR count). The highest BCUT2D eigenvalue weighted by Crippen LogP contribution is 2.36. The van der Waals surface area contributed by atoms with Crippen LogP contribution in [0, 0.1) is 10.1 Å². The molecule has 3 aromatic rings. The fourth-order valence-corrected chi connectivity index (χ4v) is 2.22. The molecule has 3 aromatic carbocycles. The van der Waals surface area contributed by atoms with Crippen LogP contribution in [0.3, 0.4) is 0 Å². The Hall–Kier alpha value is -3.14. The first kappa shape index (κ1) is 13.8. The Morgan fingerprint density at radius 3 is 2.05 bits per heavy atom. The molecule has 0 amide bonds. The first-order chi connectivity index (χ1) is 10.8. The van der Waals surface area contributed by atoms with Crippen LogP contribution in [0.1, 0.15) is 0 Å². The van der Waals surface area contributed by atoms with Crippen LogP contribution in [0.25, 0.3) is 11.1 Å². The Labute approximate surface area is 127 Å². The largest absolute Gasteiger partial charge is 0.449 e. The van der Waals surface area contributed by atoms with Crippen molar-refractivity contribution in [1.82, 2.24) is 0 Å². The van der Waals surface area contributed by atoms with Gasteiger partial charge in [-0.2, -0.15) is 0 Å². The molecule has 0 aliphatic rings. The van der Waals surface area contributed by atoms with Crippen molar-refractivity contribution in [2.75, 3.05) is 0 Å². The fraction of sp³-hybridized carbons (Fsp3) is 0. The second kappa shape index (κ2) is 6.10. The van der Waals surface area contributed by atoms with Crippen molar-refractivity contribution in [3.05, 3.63) is 89.0 Å². The van der Waals surface area contributed by atoms with Crippen LogP contribution in [0.2, 0.25) is 0 Å². The van der Waals surface area contributed by atoms with Crippen molar-refractivity contribution < 1.29 is 9.66 Å². The molecule has 0 unspecified atom stereocenters. The van der Waals surface area contributed by atoms with Gasteiger partial charge in [0.15, 0.2) is 0 Å². The summed E-state index contributed by atoms with van der Waals surface area (Å²) < 4.78 is 5.81. The van der Waals surface area contributed by atoms with Gasteiger partial charge in [-0.25, -0.2) is 0 Å². The molecule has 0 spiro atoms. The number of hydrogen-bond donors (Lipinski definition) is 0. The van der Waals surface area contributed by atoms with E-state index in [1.807, 2.05) is 48.5 Å². The van der Waals surface area contributed by atoms with Crippen LogP contribution in [-0.4, -0.2) is 4.92 Å². The predicted octanol–water partition coefficient (Wildman–Crippen LogP) is 5.05. The minimum absolute atomic E-state index is 0.0506. The molecule has 22 heavy (non-hydrogen) atoms. The first-order valence-electron chi connectivity index (χ1n) is 6.81. The van der Waals surface area contributed by atoms with E-state index in [9.17, 15) is 10.1 Å². The summed E-state index contributed by atoms with van der Waals surface area (Å²) in [5.74, 6) is 0.818. The van der Waals surface area contributed by atoms with Crippen molar-refractivity contribution >= 4 is 5.69 Å². The van der Waals surface area contributed by atoms with E-state index >= 15 is 0 Å². The molecule has 108 valence electrons. The Bertz CT molecular complexity index is 800. The zero-order valence-electron chi connectivity index (χ0n) is 11.7. The molecule has 0 fully saturated rings. The van der Waals surface area contributed by atoms with Gasteiger partial charge in [0.2, 0.25) is 5.75 Å². The highest BCUT2D eigenvalue weighted by atomic mass is 16.6. The second-order valence-corrected chi connectivity index (χ2v) is 4.69. The lowest BCUT2D eigenvalue weighted by molar-refractivity contribution is -0.385. The van der Waals surface area contributed by atoms with Gasteiger partial charge >= 0.3 is 5.69 Å². The maximum Gasteiger partial charge on any atom is 0.311 e. The van der Waals surface area contributed by atoms with Crippen LogP contribution in [-0.2, 0) is 0 Å². The molecule has 0 saturated heterocycles. The minimum atomic E-state index is -0.444. The van der Waals surface area contributed by atoms with E-state index in [0.29, 0.717) is 5.75 Å². The van der Waals surface area contributed by atoms with Crippen LogP contribution in [0.15, 0.2) is 78.9 Å². The number of nitro groups is 1. The number of nitrogens with zero attached hydrogens (tertiary/aromatic N) is 1. The molecule has 0 bridgehead atoms. The van der Waals surface area contributed by atoms with E-state index in [0.717, 1.165) is 11.1 Å². The fourth-order valence-electron chi connectivity index (χ4n) is 2.22. The number of ether oxygens (including phenoxy) is 1. The Balaban J connectivity index is 2.03. The summed E-state index contributed by atoms with van der Waals surface area (Å²) in [4.78, 5) is 10.6. The smallest absolute Gasteiger partial charge is 0.311 e. The lowest BCUT2D eigenvalue weighted by Gasteiger charge is -2.11. The highest BCUT2D eigenvalue weighted by molar-refractivity contribution is 5.71. The van der Waals surface area contributed by atoms with E-state index in [1.165, 1.54) is 6.07 Å². The van der Waals surface area contributed by atoms with Crippen molar-refractivity contribution in [2.24, 2.45) is 0 Å². The topological polar surface area (TPSA) is 52.4 Å². The first-order valence-corrected chi connectivity index (χ1v) is 6.81. The van der Waals surface area contributed by atoms with Gasteiger partial charge < -0.3 is 4.74 Å². The molecule has 0 heterocycles. The van der Waals surface area contributed by atoms with E-state index in [2.05, 4.69) is 0 Å². The molecule has 4 nitrogen and oxygen atoms in total. The lowest BCUT2D eigenvalue weighted by Crippen LogP contribution is -1.94. The zero-order chi connectivity index (χ0) is 15.4. The molecule has 0 atom stereocenters. The average Bonchev–Trinajstić information content (AvgIpc) is 2.56. The van der Waals surface area contributed by atoms with Crippen LogP contribution in [0.5, 0.6) is 11.5 Å². The monoisotopic (exact) mass is 291 g/mol. The summed E-state index contributed by atoms with van der Waals surface area (Å²) >= 11 is 0. The van der Waals surface area contributed by atoms with Gasteiger partial charge in [0.05, 0.1) is 4.92 Å². The van der Waals surface area contributed by atoms with Gasteiger partial charge in [0, 0.05) is 11.6 Å². The van der Waals surface area contributed by atoms with Gasteiger partial charge in [0.25, 0.3) is 0 Å². The van der Waals surface area contributed by atoms with E-state index < -0.39 is 4.92 Å². The number of rotatable bonds is 4. The third kappa shape index (κ3) is 2.81. The summed E-state index contributed by atoms with van der Waals surface area (Å²) in [5, 5.41) is 11.1. The van der Waals surface area contributed by atoms with Crippen molar-refractivity contribution in [2.45, 2.75) is 0 Å². The maximum atomic E-state index is 11.1. The molecular weight excluding hydrogens is 278 g/mol. The summed E-state index contributed by atoms with van der Waals surface area (Å²) in [5.41, 5.74) is 1.84. The number of para-hydroxylation sites is 3. The van der Waals surface area contributed by atoms with Gasteiger partial charge in [-0.1, -0.05) is 60.7 Å². The predicted molar refractivity (Wildman–Crippen MR) is 85.0 cm³/mol. The van der Waals surface area contributed by atoms with E-state index in [-0.39, 0.29) is 11.4 Å². The molecule has 0 radical (unpaired) electrons. The Morgan fingerprint density at radius 2 is 1.32 bits per heavy atom. The molecule has 0 N–H and O–H groups in total. The second-order valence-electron chi connectivity index (χ2n) is 4.69. The quantitative estimate of drug-likeness (QED) is 0.499. The van der Waals surface area contributed by atoms with Crippen molar-refractivity contribution in [3.8, 4) is 22.6 Å². The summed E-state index contributed by atoms with van der Waals surface area (Å²) in [6, 6.07) is 23.6. The number of benzene rings is 3. The molecule has 0 aromatic heterocycles. The zero-order valence-corrected chi connectivity index (χ0v) is 11.7. The van der Waals surface area contributed by atoms with E-state index in [1.54, 1.807) is 24.3 Å². The van der Waals surface area contributed by atoms with Gasteiger partial charge in [0.1, 0.15) is 5.75 Å². The molecular formula is C18H13NO3. The van der Waals surface area contributed by atoms with Crippen molar-refractivity contribution in [1.29, 1.82) is 0 Å².